The monoisotopic (exact) mass is 330 g/mol. The molecule has 118 valence electrons. The van der Waals surface area contributed by atoms with Gasteiger partial charge in [0, 0.05) is 0 Å². The summed E-state index contributed by atoms with van der Waals surface area (Å²) in [6.07, 6.45) is 0. The second-order valence-electron chi connectivity index (χ2n) is 6.36. The van der Waals surface area contributed by atoms with Crippen molar-refractivity contribution in [3.05, 3.63) is 69.4 Å². The molecule has 0 saturated carbocycles. The summed E-state index contributed by atoms with van der Waals surface area (Å²) in [6, 6.07) is 11.9. The van der Waals surface area contributed by atoms with Crippen LogP contribution in [0.25, 0.3) is 42.0 Å². The van der Waals surface area contributed by atoms with Gasteiger partial charge in [0.25, 0.3) is 0 Å². The van der Waals surface area contributed by atoms with E-state index in [1.807, 2.05) is 38.1 Å². The fourth-order valence-corrected chi connectivity index (χ4v) is 3.86. The fraction of sp³-hybridized carbons (Fsp3) is 0.0909. The third kappa shape index (κ3) is 1.74. The van der Waals surface area contributed by atoms with Crippen LogP contribution in [0.15, 0.2) is 24.3 Å². The Morgan fingerprint density at radius 2 is 1.04 bits per heavy atom. The normalized spacial score (nSPS) is 10.5. The van der Waals surface area contributed by atoms with Crippen LogP contribution < -0.4 is 0 Å². The van der Waals surface area contributed by atoms with E-state index in [4.69, 9.17) is 13.1 Å². The number of aryl methyl sites for hydroxylation is 2. The van der Waals surface area contributed by atoms with Gasteiger partial charge in [-0.05, 0) is 51.7 Å². The van der Waals surface area contributed by atoms with Crippen molar-refractivity contribution >= 4 is 43.7 Å². The zero-order chi connectivity index (χ0) is 18.6. The van der Waals surface area contributed by atoms with Gasteiger partial charge < -0.3 is 0 Å². The summed E-state index contributed by atoms with van der Waals surface area (Å²) in [4.78, 5) is 7.29. The molecule has 0 amide bonds. The number of nitrogens with zero attached hydrogens (tertiary/aromatic N) is 4. The summed E-state index contributed by atoms with van der Waals surface area (Å²) in [5.74, 6) is 0. The summed E-state index contributed by atoms with van der Waals surface area (Å²) in [5.41, 5.74) is 3.03. The van der Waals surface area contributed by atoms with Crippen LogP contribution in [-0.2, 0) is 0 Å². The Balaban J connectivity index is 2.58. The Morgan fingerprint density at radius 1 is 0.692 bits per heavy atom. The summed E-state index contributed by atoms with van der Waals surface area (Å²) >= 11 is 0. The van der Waals surface area contributed by atoms with Crippen LogP contribution in [0.5, 0.6) is 0 Å². The smallest absolute Gasteiger partial charge is 0.212 e. The molecule has 4 aromatic carbocycles. The maximum Gasteiger partial charge on any atom is 0.212 e. The van der Waals surface area contributed by atoms with Crippen LogP contribution in [0.4, 0.5) is 11.4 Å². The van der Waals surface area contributed by atoms with Crippen molar-refractivity contribution in [2.75, 3.05) is 0 Å². The number of rotatable bonds is 0. The van der Waals surface area contributed by atoms with Crippen LogP contribution in [0.2, 0.25) is 0 Å². The molecule has 0 fully saturated rings. The SMILES string of the molecule is [C-]#[N+]c1c(C#N)c2cc(C)cc3c(C#N)c([N+]#[C-])c4cc(C)cc1c4c23. The largest absolute Gasteiger partial charge is 0.236 e. The van der Waals surface area contributed by atoms with E-state index in [-0.39, 0.29) is 0 Å². The predicted octanol–water partition coefficient (Wildman–Crippen LogP) is 6.05. The molecule has 0 bridgehead atoms. The van der Waals surface area contributed by atoms with Crippen molar-refractivity contribution in [2.45, 2.75) is 13.8 Å². The first-order chi connectivity index (χ1) is 12.5. The Kier molecular flexibility index (Phi) is 3.08. The highest BCUT2D eigenvalue weighted by Gasteiger charge is 2.23. The lowest BCUT2D eigenvalue weighted by molar-refractivity contribution is 1.48. The second-order valence-corrected chi connectivity index (χ2v) is 6.36. The van der Waals surface area contributed by atoms with Crippen molar-refractivity contribution in [1.82, 2.24) is 0 Å². The lowest BCUT2D eigenvalue weighted by Crippen LogP contribution is -1.94. The molecule has 26 heavy (non-hydrogen) atoms. The molecular weight excluding hydrogens is 320 g/mol. The molecule has 4 rings (SSSR count). The Labute approximate surface area is 150 Å². The fourth-order valence-electron chi connectivity index (χ4n) is 3.86. The molecule has 0 heterocycles. The van der Waals surface area contributed by atoms with Gasteiger partial charge in [0.2, 0.25) is 11.4 Å². The van der Waals surface area contributed by atoms with E-state index in [0.717, 1.165) is 21.9 Å². The van der Waals surface area contributed by atoms with Crippen LogP contribution in [0.3, 0.4) is 0 Å². The van der Waals surface area contributed by atoms with E-state index in [1.165, 1.54) is 0 Å². The topological polar surface area (TPSA) is 56.3 Å². The molecule has 0 spiro atoms. The van der Waals surface area contributed by atoms with E-state index >= 15 is 0 Å². The average Bonchev–Trinajstić information content (AvgIpc) is 2.63. The Bertz CT molecular complexity index is 1220. The lowest BCUT2D eigenvalue weighted by Gasteiger charge is -2.18. The summed E-state index contributed by atoms with van der Waals surface area (Å²) in [6.45, 7) is 19.0. The molecule has 0 N–H and O–H groups in total. The first kappa shape index (κ1) is 15.4. The van der Waals surface area contributed by atoms with Gasteiger partial charge in [-0.3, -0.25) is 0 Å². The van der Waals surface area contributed by atoms with E-state index in [1.54, 1.807) is 0 Å². The number of hydrogen-bond donors (Lipinski definition) is 0. The molecule has 0 atom stereocenters. The second kappa shape index (κ2) is 5.19. The van der Waals surface area contributed by atoms with Gasteiger partial charge in [0.15, 0.2) is 0 Å². The summed E-state index contributed by atoms with van der Waals surface area (Å²) < 4.78 is 0. The molecular formula is C22H10N4. The van der Waals surface area contributed by atoms with Crippen molar-refractivity contribution in [1.29, 1.82) is 10.5 Å². The maximum atomic E-state index is 9.75. The third-order valence-corrected chi connectivity index (χ3v) is 4.79. The summed E-state index contributed by atoms with van der Waals surface area (Å²) in [5, 5.41) is 23.7. The van der Waals surface area contributed by atoms with Crippen LogP contribution in [0, 0.1) is 49.7 Å². The predicted molar refractivity (Wildman–Crippen MR) is 102 cm³/mol. The van der Waals surface area contributed by atoms with Crippen molar-refractivity contribution < 1.29 is 0 Å². The molecule has 0 aliphatic rings. The first-order valence-electron chi connectivity index (χ1n) is 7.90. The molecule has 0 saturated heterocycles. The highest BCUT2D eigenvalue weighted by Crippen LogP contribution is 2.48. The van der Waals surface area contributed by atoms with Crippen LogP contribution in [-0.4, -0.2) is 0 Å². The quantitative estimate of drug-likeness (QED) is 0.291. The molecule has 0 radical (unpaired) electrons. The van der Waals surface area contributed by atoms with Gasteiger partial charge in [-0.2, -0.15) is 10.5 Å². The molecule has 4 aromatic rings. The van der Waals surface area contributed by atoms with E-state index in [0.29, 0.717) is 44.0 Å². The average molecular weight is 330 g/mol. The zero-order valence-electron chi connectivity index (χ0n) is 14.1. The van der Waals surface area contributed by atoms with Gasteiger partial charge in [0.05, 0.1) is 36.4 Å². The lowest BCUT2D eigenvalue weighted by atomic mass is 9.85. The van der Waals surface area contributed by atoms with Crippen molar-refractivity contribution in [3.8, 4) is 12.1 Å². The summed E-state index contributed by atoms with van der Waals surface area (Å²) in [7, 11) is 0. The van der Waals surface area contributed by atoms with Crippen molar-refractivity contribution in [3.63, 3.8) is 0 Å². The van der Waals surface area contributed by atoms with Gasteiger partial charge in [-0.15, -0.1) is 0 Å². The third-order valence-electron chi connectivity index (χ3n) is 4.79. The first-order valence-corrected chi connectivity index (χ1v) is 7.90. The van der Waals surface area contributed by atoms with Crippen LogP contribution >= 0.6 is 0 Å². The molecule has 0 aliphatic heterocycles. The number of nitriles is 2. The number of hydrogen-bond acceptors (Lipinski definition) is 2. The zero-order valence-corrected chi connectivity index (χ0v) is 14.1. The standard InChI is InChI=1S/C22H10N4/c1-11-5-13-17(9-23)21(25-3)15-7-12(2)8-16-20(15)19(13)14(6-11)18(10-24)22(16)26-4/h5-8H,1-2H3. The van der Waals surface area contributed by atoms with E-state index < -0.39 is 0 Å². The minimum absolute atomic E-state index is 0.307. The molecule has 4 nitrogen and oxygen atoms in total. The Hall–Kier alpha value is -4.12. The van der Waals surface area contributed by atoms with Crippen LogP contribution in [0.1, 0.15) is 22.3 Å². The highest BCUT2D eigenvalue weighted by atomic mass is 14.7. The van der Waals surface area contributed by atoms with E-state index in [9.17, 15) is 10.5 Å². The molecule has 4 heteroatoms. The van der Waals surface area contributed by atoms with Gasteiger partial charge in [-0.25, -0.2) is 9.69 Å². The minimum atomic E-state index is 0.307. The van der Waals surface area contributed by atoms with E-state index in [2.05, 4.69) is 21.8 Å². The van der Waals surface area contributed by atoms with Crippen molar-refractivity contribution in [2.24, 2.45) is 0 Å². The minimum Gasteiger partial charge on any atom is -0.236 e. The van der Waals surface area contributed by atoms with Gasteiger partial charge in [-0.1, -0.05) is 29.8 Å². The van der Waals surface area contributed by atoms with Gasteiger partial charge in [0.1, 0.15) is 0 Å². The maximum absolute atomic E-state index is 9.75. The highest BCUT2D eigenvalue weighted by molar-refractivity contribution is 6.32. The molecule has 0 aliphatic carbocycles. The molecule has 0 unspecified atom stereocenters. The number of benzene rings is 4. The Morgan fingerprint density at radius 3 is 1.38 bits per heavy atom. The van der Waals surface area contributed by atoms with Gasteiger partial charge >= 0.3 is 0 Å². The molecule has 0 aromatic heterocycles.